The van der Waals surface area contributed by atoms with E-state index >= 15 is 0 Å². The molecule has 1 aromatic carbocycles. The van der Waals surface area contributed by atoms with Crippen molar-refractivity contribution in [2.24, 2.45) is 0 Å². The Morgan fingerprint density at radius 3 is 2.29 bits per heavy atom. The van der Waals surface area contributed by atoms with Crippen LogP contribution in [0.4, 0.5) is 13.2 Å². The summed E-state index contributed by atoms with van der Waals surface area (Å²) in [6.07, 6.45) is -1.10. The standard InChI is InChI=1S/C20H19F3N4O3S/c1-14-6-7-26-13-17(24-18(26)12-14)19(28)25-8-10-27(11-9-25)31(29,30)16-4-2-15(3-5-16)20(21,22)23/h2-7,12-13H,8-11H2,1H3. The molecule has 3 heterocycles. The van der Waals surface area contributed by atoms with E-state index in [1.165, 1.54) is 9.21 Å². The lowest BCUT2D eigenvalue weighted by atomic mass is 10.2. The lowest BCUT2D eigenvalue weighted by Crippen LogP contribution is -2.50. The van der Waals surface area contributed by atoms with Crippen LogP contribution in [-0.2, 0) is 16.2 Å². The van der Waals surface area contributed by atoms with Crippen molar-refractivity contribution in [2.45, 2.75) is 18.0 Å². The molecule has 0 saturated carbocycles. The Morgan fingerprint density at radius 1 is 1.03 bits per heavy atom. The summed E-state index contributed by atoms with van der Waals surface area (Å²) in [5, 5.41) is 0. The molecule has 164 valence electrons. The number of aryl methyl sites for hydroxylation is 1. The predicted octanol–water partition coefficient (Wildman–Crippen LogP) is 2.81. The number of imidazole rings is 1. The van der Waals surface area contributed by atoms with Crippen molar-refractivity contribution in [2.75, 3.05) is 26.2 Å². The third-order valence-corrected chi connectivity index (χ3v) is 7.09. The largest absolute Gasteiger partial charge is 0.416 e. The average molecular weight is 452 g/mol. The van der Waals surface area contributed by atoms with E-state index in [1.807, 2.05) is 25.3 Å². The number of piperazine rings is 1. The summed E-state index contributed by atoms with van der Waals surface area (Å²) in [4.78, 5) is 18.4. The van der Waals surface area contributed by atoms with E-state index in [2.05, 4.69) is 4.98 Å². The predicted molar refractivity (Wildman–Crippen MR) is 106 cm³/mol. The molecular formula is C20H19F3N4O3S. The molecule has 1 saturated heterocycles. The zero-order chi connectivity index (χ0) is 22.4. The second-order valence-electron chi connectivity index (χ2n) is 7.31. The summed E-state index contributed by atoms with van der Waals surface area (Å²) in [7, 11) is -3.96. The maximum Gasteiger partial charge on any atom is 0.416 e. The number of hydrogen-bond acceptors (Lipinski definition) is 4. The van der Waals surface area contributed by atoms with Crippen LogP contribution in [0.25, 0.3) is 5.65 Å². The highest BCUT2D eigenvalue weighted by molar-refractivity contribution is 7.89. The summed E-state index contributed by atoms with van der Waals surface area (Å²) in [6, 6.07) is 7.15. The first-order chi connectivity index (χ1) is 14.6. The van der Waals surface area contributed by atoms with Gasteiger partial charge in [0, 0.05) is 38.6 Å². The smallest absolute Gasteiger partial charge is 0.335 e. The van der Waals surface area contributed by atoms with Gasteiger partial charge in [-0.2, -0.15) is 17.5 Å². The third kappa shape index (κ3) is 4.15. The van der Waals surface area contributed by atoms with Crippen LogP contribution in [0.2, 0.25) is 0 Å². The first kappa shape index (κ1) is 21.3. The number of nitrogens with zero attached hydrogens (tertiary/aromatic N) is 4. The lowest BCUT2D eigenvalue weighted by Gasteiger charge is -2.33. The Bertz CT molecular complexity index is 1230. The Kier molecular flexibility index (Phi) is 5.26. The van der Waals surface area contributed by atoms with Gasteiger partial charge in [-0.25, -0.2) is 13.4 Å². The Hall–Kier alpha value is -2.92. The van der Waals surface area contributed by atoms with E-state index in [9.17, 15) is 26.4 Å². The molecule has 0 radical (unpaired) electrons. The second kappa shape index (κ2) is 7.65. The molecule has 0 aliphatic carbocycles. The molecule has 1 fully saturated rings. The van der Waals surface area contributed by atoms with Gasteiger partial charge in [-0.05, 0) is 48.9 Å². The first-order valence-electron chi connectivity index (χ1n) is 9.48. The first-order valence-corrected chi connectivity index (χ1v) is 10.9. The number of halogens is 3. The van der Waals surface area contributed by atoms with Gasteiger partial charge in [0.15, 0.2) is 0 Å². The number of alkyl halides is 3. The molecule has 0 N–H and O–H groups in total. The van der Waals surface area contributed by atoms with Gasteiger partial charge in [0.25, 0.3) is 5.91 Å². The van der Waals surface area contributed by atoms with Gasteiger partial charge in [0.2, 0.25) is 10.0 Å². The minimum absolute atomic E-state index is 0.0432. The second-order valence-corrected chi connectivity index (χ2v) is 9.25. The number of aromatic nitrogens is 2. The average Bonchev–Trinajstić information content (AvgIpc) is 3.16. The third-order valence-electron chi connectivity index (χ3n) is 5.18. The minimum Gasteiger partial charge on any atom is -0.335 e. The SMILES string of the molecule is Cc1ccn2cc(C(=O)N3CCN(S(=O)(=O)c4ccc(C(F)(F)F)cc4)CC3)nc2c1. The number of fused-ring (bicyclic) bond motifs is 1. The molecule has 0 unspecified atom stereocenters. The van der Waals surface area contributed by atoms with Crippen molar-refractivity contribution in [3.63, 3.8) is 0 Å². The summed E-state index contributed by atoms with van der Waals surface area (Å²) in [5.74, 6) is -0.298. The number of pyridine rings is 1. The van der Waals surface area contributed by atoms with Crippen LogP contribution >= 0.6 is 0 Å². The topological polar surface area (TPSA) is 75.0 Å². The van der Waals surface area contributed by atoms with Crippen molar-refractivity contribution in [3.8, 4) is 0 Å². The lowest BCUT2D eigenvalue weighted by molar-refractivity contribution is -0.137. The van der Waals surface area contributed by atoms with Gasteiger partial charge < -0.3 is 9.30 Å². The number of carbonyl (C=O) groups is 1. The highest BCUT2D eigenvalue weighted by Crippen LogP contribution is 2.30. The van der Waals surface area contributed by atoms with Crippen molar-refractivity contribution < 1.29 is 26.4 Å². The minimum atomic E-state index is -4.54. The van der Waals surface area contributed by atoms with E-state index in [-0.39, 0.29) is 42.7 Å². The zero-order valence-corrected chi connectivity index (χ0v) is 17.3. The van der Waals surface area contributed by atoms with Crippen molar-refractivity contribution in [1.29, 1.82) is 0 Å². The highest BCUT2D eigenvalue weighted by Gasteiger charge is 2.33. The van der Waals surface area contributed by atoms with Gasteiger partial charge in [-0.1, -0.05) is 0 Å². The summed E-state index contributed by atoms with van der Waals surface area (Å²) >= 11 is 0. The van der Waals surface area contributed by atoms with Crippen LogP contribution < -0.4 is 0 Å². The Labute approximate surface area is 176 Å². The van der Waals surface area contributed by atoms with E-state index in [0.717, 1.165) is 29.8 Å². The maximum atomic E-state index is 12.8. The number of sulfonamides is 1. The van der Waals surface area contributed by atoms with Crippen LogP contribution in [-0.4, -0.2) is 59.1 Å². The van der Waals surface area contributed by atoms with E-state index in [4.69, 9.17) is 0 Å². The maximum absolute atomic E-state index is 12.8. The van der Waals surface area contributed by atoms with Crippen molar-refractivity contribution in [1.82, 2.24) is 18.6 Å². The number of benzene rings is 1. The number of rotatable bonds is 3. The fraction of sp³-hybridized carbons (Fsp3) is 0.300. The summed E-state index contributed by atoms with van der Waals surface area (Å²) in [5.41, 5.74) is 1.01. The molecule has 3 aromatic rings. The molecule has 1 amide bonds. The molecular weight excluding hydrogens is 433 g/mol. The van der Waals surface area contributed by atoms with Crippen LogP contribution in [0.5, 0.6) is 0 Å². The number of carbonyl (C=O) groups excluding carboxylic acids is 1. The molecule has 2 aromatic heterocycles. The monoisotopic (exact) mass is 452 g/mol. The van der Waals surface area contributed by atoms with Gasteiger partial charge >= 0.3 is 6.18 Å². The van der Waals surface area contributed by atoms with Gasteiger partial charge in [0.05, 0.1) is 10.5 Å². The van der Waals surface area contributed by atoms with Crippen LogP contribution in [0.1, 0.15) is 21.6 Å². The molecule has 11 heteroatoms. The summed E-state index contributed by atoms with van der Waals surface area (Å²) in [6.45, 7) is 2.33. The van der Waals surface area contributed by atoms with E-state index in [0.29, 0.717) is 5.65 Å². The molecule has 4 rings (SSSR count). The van der Waals surface area contributed by atoms with Crippen LogP contribution in [0.3, 0.4) is 0 Å². The molecule has 31 heavy (non-hydrogen) atoms. The van der Waals surface area contributed by atoms with Gasteiger partial charge in [-0.15, -0.1) is 0 Å². The number of hydrogen-bond donors (Lipinski definition) is 0. The van der Waals surface area contributed by atoms with Gasteiger partial charge in [-0.3, -0.25) is 4.79 Å². The van der Waals surface area contributed by atoms with Crippen molar-refractivity contribution >= 4 is 21.6 Å². The molecule has 0 spiro atoms. The fourth-order valence-electron chi connectivity index (χ4n) is 3.45. The molecule has 1 aliphatic rings. The number of amides is 1. The molecule has 0 atom stereocenters. The summed E-state index contributed by atoms with van der Waals surface area (Å²) < 4.78 is 66.6. The van der Waals surface area contributed by atoms with Crippen molar-refractivity contribution in [3.05, 3.63) is 65.6 Å². The Morgan fingerprint density at radius 2 is 1.68 bits per heavy atom. The Balaban J connectivity index is 1.45. The van der Waals surface area contributed by atoms with Crippen LogP contribution in [0, 0.1) is 6.92 Å². The van der Waals surface area contributed by atoms with E-state index in [1.54, 1.807) is 10.6 Å². The van der Waals surface area contributed by atoms with Gasteiger partial charge in [0.1, 0.15) is 11.3 Å². The normalized spacial score (nSPS) is 16.1. The molecule has 1 aliphatic heterocycles. The van der Waals surface area contributed by atoms with E-state index < -0.39 is 21.8 Å². The zero-order valence-electron chi connectivity index (χ0n) is 16.5. The van der Waals surface area contributed by atoms with Crippen LogP contribution in [0.15, 0.2) is 53.7 Å². The highest BCUT2D eigenvalue weighted by atomic mass is 32.2. The quantitative estimate of drug-likeness (QED) is 0.613. The molecule has 7 nitrogen and oxygen atoms in total. The molecule has 0 bridgehead atoms. The fourth-order valence-corrected chi connectivity index (χ4v) is 4.87.